The van der Waals surface area contributed by atoms with Crippen molar-refractivity contribution < 1.29 is 19.5 Å². The lowest BCUT2D eigenvalue weighted by Gasteiger charge is -2.02. The van der Waals surface area contributed by atoms with Gasteiger partial charge in [-0.05, 0) is 42.7 Å². The molecule has 0 aromatic carbocycles. The third kappa shape index (κ3) is 8.41. The molecular formula is C11H15NO4S. The Morgan fingerprint density at radius 2 is 1.71 bits per heavy atom. The Labute approximate surface area is 104 Å². The van der Waals surface area contributed by atoms with E-state index in [1.165, 1.54) is 24.3 Å². The van der Waals surface area contributed by atoms with Crippen LogP contribution in [0, 0.1) is 0 Å². The Morgan fingerprint density at radius 3 is 2.00 bits per heavy atom. The first-order valence-corrected chi connectivity index (χ1v) is 6.28. The molecule has 17 heavy (non-hydrogen) atoms. The van der Waals surface area contributed by atoms with Gasteiger partial charge < -0.3 is 10.8 Å². The fourth-order valence-corrected chi connectivity index (χ4v) is 1.30. The molecule has 5 nitrogen and oxygen atoms in total. The van der Waals surface area contributed by atoms with E-state index >= 15 is 0 Å². The molecule has 1 unspecified atom stereocenters. The van der Waals surface area contributed by atoms with E-state index in [0.29, 0.717) is 6.42 Å². The number of rotatable bonds is 4. The van der Waals surface area contributed by atoms with Gasteiger partial charge >= 0.3 is 5.97 Å². The Hall–Kier alpha value is -1.40. The largest absolute Gasteiger partial charge is 0.480 e. The first-order valence-electron chi connectivity index (χ1n) is 4.88. The predicted molar refractivity (Wildman–Crippen MR) is 66.9 cm³/mol. The fraction of sp³-hybridized carbons (Fsp3) is 0.364. The van der Waals surface area contributed by atoms with E-state index in [0.717, 1.165) is 5.75 Å². The van der Waals surface area contributed by atoms with Crippen molar-refractivity contribution in [2.24, 2.45) is 5.73 Å². The minimum atomic E-state index is -0.913. The summed E-state index contributed by atoms with van der Waals surface area (Å²) in [5, 5.41) is 8.27. The van der Waals surface area contributed by atoms with Gasteiger partial charge in [0, 0.05) is 0 Å². The third-order valence-corrected chi connectivity index (χ3v) is 2.42. The first kappa shape index (κ1) is 15.6. The maximum atomic E-state index is 10.3. The Morgan fingerprint density at radius 1 is 1.29 bits per heavy atom. The molecule has 0 amide bonds. The van der Waals surface area contributed by atoms with Gasteiger partial charge in [-0.15, -0.1) is 0 Å². The molecule has 1 aliphatic carbocycles. The topological polar surface area (TPSA) is 97.5 Å². The SMILES string of the molecule is CSCCC(N)C(=O)O.O=C1C=CC(=O)C=C1. The van der Waals surface area contributed by atoms with Crippen LogP contribution in [-0.4, -0.2) is 40.7 Å². The number of aliphatic carboxylic acids is 1. The summed E-state index contributed by atoms with van der Waals surface area (Å²) in [5.41, 5.74) is 5.19. The van der Waals surface area contributed by atoms with Crippen LogP contribution in [0.2, 0.25) is 0 Å². The minimum absolute atomic E-state index is 0.121. The zero-order valence-electron chi connectivity index (χ0n) is 9.46. The molecule has 0 saturated heterocycles. The van der Waals surface area contributed by atoms with Gasteiger partial charge in [-0.3, -0.25) is 14.4 Å². The molecule has 1 atom stereocenters. The van der Waals surface area contributed by atoms with Crippen LogP contribution in [0.15, 0.2) is 24.3 Å². The van der Waals surface area contributed by atoms with Gasteiger partial charge in [-0.1, -0.05) is 0 Å². The van der Waals surface area contributed by atoms with E-state index in [-0.39, 0.29) is 11.6 Å². The van der Waals surface area contributed by atoms with Crippen LogP contribution in [0.5, 0.6) is 0 Å². The Kier molecular flexibility index (Phi) is 8.00. The molecule has 0 bridgehead atoms. The molecule has 0 saturated carbocycles. The van der Waals surface area contributed by atoms with Crippen molar-refractivity contribution in [3.8, 4) is 0 Å². The summed E-state index contributed by atoms with van der Waals surface area (Å²) in [5.74, 6) is -0.341. The number of hydrogen-bond acceptors (Lipinski definition) is 5. The summed E-state index contributed by atoms with van der Waals surface area (Å²) in [6.45, 7) is 0. The number of thioether (sulfide) groups is 1. The molecular weight excluding hydrogens is 242 g/mol. The minimum Gasteiger partial charge on any atom is -0.480 e. The molecule has 94 valence electrons. The van der Waals surface area contributed by atoms with E-state index in [4.69, 9.17) is 10.8 Å². The average Bonchev–Trinajstić information content (AvgIpc) is 2.30. The van der Waals surface area contributed by atoms with Gasteiger partial charge in [0.2, 0.25) is 0 Å². The smallest absolute Gasteiger partial charge is 0.320 e. The Balaban J connectivity index is 0.000000302. The highest BCUT2D eigenvalue weighted by molar-refractivity contribution is 7.98. The number of carbonyl (C=O) groups is 3. The monoisotopic (exact) mass is 257 g/mol. The van der Waals surface area contributed by atoms with Crippen molar-refractivity contribution >= 4 is 29.3 Å². The zero-order chi connectivity index (χ0) is 13.3. The van der Waals surface area contributed by atoms with E-state index in [9.17, 15) is 14.4 Å². The highest BCUT2D eigenvalue weighted by Gasteiger charge is 2.08. The number of allylic oxidation sites excluding steroid dienone is 4. The van der Waals surface area contributed by atoms with Crippen molar-refractivity contribution in [3.05, 3.63) is 24.3 Å². The number of nitrogens with two attached hydrogens (primary N) is 1. The van der Waals surface area contributed by atoms with Crippen LogP contribution in [0.1, 0.15) is 6.42 Å². The zero-order valence-corrected chi connectivity index (χ0v) is 10.3. The summed E-state index contributed by atoms with van der Waals surface area (Å²) in [7, 11) is 0. The standard InChI is InChI=1S/C6H4O2.C5H11NO2S/c7-5-1-2-6(8)4-3-5;1-9-3-2-4(6)5(7)8/h1-4H;4H,2-3,6H2,1H3,(H,7,8). The molecule has 6 heteroatoms. The molecule has 1 aliphatic rings. The van der Waals surface area contributed by atoms with Gasteiger partial charge in [-0.2, -0.15) is 11.8 Å². The van der Waals surface area contributed by atoms with E-state index < -0.39 is 12.0 Å². The van der Waals surface area contributed by atoms with Gasteiger partial charge in [0.05, 0.1) is 0 Å². The van der Waals surface area contributed by atoms with Crippen LogP contribution in [0.4, 0.5) is 0 Å². The van der Waals surface area contributed by atoms with Crippen LogP contribution < -0.4 is 5.73 Å². The van der Waals surface area contributed by atoms with Gasteiger partial charge in [0.15, 0.2) is 11.6 Å². The second-order valence-corrected chi connectivity index (χ2v) is 4.18. The summed E-state index contributed by atoms with van der Waals surface area (Å²) in [4.78, 5) is 30.6. The van der Waals surface area contributed by atoms with Crippen molar-refractivity contribution in [1.82, 2.24) is 0 Å². The van der Waals surface area contributed by atoms with Crippen LogP contribution in [0.25, 0.3) is 0 Å². The number of carboxylic acids is 1. The highest BCUT2D eigenvalue weighted by atomic mass is 32.2. The number of hydrogen-bond donors (Lipinski definition) is 2. The van der Waals surface area contributed by atoms with Gasteiger partial charge in [0.25, 0.3) is 0 Å². The molecule has 1 rings (SSSR count). The average molecular weight is 257 g/mol. The number of carboxylic acid groups (broad SMARTS) is 1. The van der Waals surface area contributed by atoms with Crippen molar-refractivity contribution in [2.75, 3.05) is 12.0 Å². The lowest BCUT2D eigenvalue weighted by molar-refractivity contribution is -0.138. The van der Waals surface area contributed by atoms with Crippen LogP contribution >= 0.6 is 11.8 Å². The molecule has 0 aliphatic heterocycles. The fourth-order valence-electron chi connectivity index (χ4n) is 0.808. The first-order chi connectivity index (χ1) is 7.97. The second-order valence-electron chi connectivity index (χ2n) is 3.20. The summed E-state index contributed by atoms with van der Waals surface area (Å²) in [6.07, 6.45) is 7.49. The van der Waals surface area contributed by atoms with E-state index in [1.54, 1.807) is 11.8 Å². The van der Waals surface area contributed by atoms with Crippen LogP contribution in [0.3, 0.4) is 0 Å². The highest BCUT2D eigenvalue weighted by Crippen LogP contribution is 1.97. The van der Waals surface area contributed by atoms with Crippen molar-refractivity contribution in [3.63, 3.8) is 0 Å². The molecule has 0 aromatic rings. The lowest BCUT2D eigenvalue weighted by Crippen LogP contribution is -2.30. The summed E-state index contributed by atoms with van der Waals surface area (Å²) < 4.78 is 0. The number of ketones is 2. The molecule has 0 heterocycles. The van der Waals surface area contributed by atoms with Gasteiger partial charge in [0.1, 0.15) is 6.04 Å². The molecule has 0 radical (unpaired) electrons. The molecule has 3 N–H and O–H groups in total. The summed E-state index contributed by atoms with van der Waals surface area (Å²) in [6, 6.07) is -0.683. The lowest BCUT2D eigenvalue weighted by atomic mass is 10.2. The van der Waals surface area contributed by atoms with E-state index in [1.807, 2.05) is 6.26 Å². The molecule has 0 spiro atoms. The molecule has 0 fully saturated rings. The van der Waals surface area contributed by atoms with E-state index in [2.05, 4.69) is 0 Å². The maximum absolute atomic E-state index is 10.3. The Bertz CT molecular complexity index is 311. The number of carbonyl (C=O) groups excluding carboxylic acids is 2. The third-order valence-electron chi connectivity index (χ3n) is 1.77. The van der Waals surface area contributed by atoms with Crippen molar-refractivity contribution in [1.29, 1.82) is 0 Å². The van der Waals surface area contributed by atoms with Crippen LogP contribution in [-0.2, 0) is 14.4 Å². The molecule has 0 aromatic heterocycles. The van der Waals surface area contributed by atoms with Gasteiger partial charge in [-0.25, -0.2) is 0 Å². The normalized spacial score (nSPS) is 15.2. The van der Waals surface area contributed by atoms with Crippen molar-refractivity contribution in [2.45, 2.75) is 12.5 Å². The second kappa shape index (κ2) is 8.72. The maximum Gasteiger partial charge on any atom is 0.320 e. The summed E-state index contributed by atoms with van der Waals surface area (Å²) >= 11 is 1.60. The predicted octanol–water partition coefficient (Wildman–Crippen LogP) is 0.402. The quantitative estimate of drug-likeness (QED) is 0.708.